The van der Waals surface area contributed by atoms with Crippen LogP contribution in [0.3, 0.4) is 0 Å². The van der Waals surface area contributed by atoms with Crippen LogP contribution in [0, 0.1) is 19.8 Å². The van der Waals surface area contributed by atoms with E-state index in [0.29, 0.717) is 16.3 Å². The molecule has 10 nitrogen and oxygen atoms in total. The first-order valence-corrected chi connectivity index (χ1v) is 14.4. The van der Waals surface area contributed by atoms with Crippen LogP contribution in [0.5, 0.6) is 0 Å². The summed E-state index contributed by atoms with van der Waals surface area (Å²) in [7, 11) is 0. The maximum absolute atomic E-state index is 14.2. The highest BCUT2D eigenvalue weighted by Crippen LogP contribution is 2.51. The van der Waals surface area contributed by atoms with E-state index in [1.54, 1.807) is 26.0 Å². The molecule has 2 N–H and O–H groups in total. The molecule has 4 aromatic rings. The van der Waals surface area contributed by atoms with Gasteiger partial charge in [0.1, 0.15) is 12.2 Å². The number of nitrogens with zero attached hydrogens (tertiary/aromatic N) is 6. The molecule has 0 aliphatic heterocycles. The zero-order valence-electron chi connectivity index (χ0n) is 24.8. The Hall–Kier alpha value is -4.54. The lowest BCUT2D eigenvalue weighted by molar-refractivity contribution is -0.360. The summed E-state index contributed by atoms with van der Waals surface area (Å²) < 4.78 is 94.5. The van der Waals surface area contributed by atoms with Gasteiger partial charge < -0.3 is 10.6 Å². The van der Waals surface area contributed by atoms with Crippen molar-refractivity contribution in [3.8, 4) is 5.82 Å². The lowest BCUT2D eigenvalue weighted by Gasteiger charge is -2.26. The minimum absolute atomic E-state index is 0.0344. The third-order valence-corrected chi connectivity index (χ3v) is 7.79. The van der Waals surface area contributed by atoms with Crippen LogP contribution in [0.25, 0.3) is 5.82 Å². The van der Waals surface area contributed by atoms with Gasteiger partial charge in [0.25, 0.3) is 11.8 Å². The van der Waals surface area contributed by atoms with Crippen molar-refractivity contribution in [1.82, 2.24) is 35.1 Å². The second-order valence-corrected chi connectivity index (χ2v) is 11.6. The third kappa shape index (κ3) is 6.66. The highest BCUT2D eigenvalue weighted by atomic mass is 35.5. The van der Waals surface area contributed by atoms with E-state index in [4.69, 9.17) is 11.6 Å². The summed E-state index contributed by atoms with van der Waals surface area (Å²) in [4.78, 5) is 31.6. The van der Waals surface area contributed by atoms with Gasteiger partial charge in [0.2, 0.25) is 0 Å². The van der Waals surface area contributed by atoms with Crippen LogP contribution >= 0.6 is 11.6 Å². The molecule has 1 aliphatic rings. The number of nitrogens with one attached hydrogen (secondary N) is 2. The molecule has 5 rings (SSSR count). The molecule has 1 aromatic carbocycles. The molecule has 2 amide bonds. The van der Waals surface area contributed by atoms with Gasteiger partial charge in [-0.1, -0.05) is 17.7 Å². The number of alkyl halides is 7. The van der Waals surface area contributed by atoms with Gasteiger partial charge in [0, 0.05) is 12.2 Å². The molecule has 1 fully saturated rings. The fourth-order valence-corrected chi connectivity index (χ4v) is 5.06. The number of carbonyl (C=O) groups is 2. The van der Waals surface area contributed by atoms with Crippen molar-refractivity contribution in [3.05, 3.63) is 81.5 Å². The topological polar surface area (TPSA) is 120 Å². The monoisotopic (exact) mass is 686 g/mol. The minimum atomic E-state index is -6.56. The fourth-order valence-electron chi connectivity index (χ4n) is 4.85. The Bertz CT molecular complexity index is 1830. The molecule has 1 unspecified atom stereocenters. The molecular weight excluding hydrogens is 661 g/mol. The van der Waals surface area contributed by atoms with E-state index in [2.05, 4.69) is 30.9 Å². The van der Waals surface area contributed by atoms with Gasteiger partial charge in [-0.05, 0) is 74.9 Å². The van der Waals surface area contributed by atoms with Crippen LogP contribution in [0.4, 0.5) is 36.4 Å². The first kappa shape index (κ1) is 33.8. The smallest absolute Gasteiger partial charge is 0.349 e. The Morgan fingerprint density at radius 1 is 1.04 bits per heavy atom. The second-order valence-electron chi connectivity index (χ2n) is 11.2. The van der Waals surface area contributed by atoms with Crippen LogP contribution in [-0.4, -0.2) is 59.7 Å². The number of benzene rings is 1. The Morgan fingerprint density at radius 3 is 2.38 bits per heavy atom. The molecule has 0 saturated heterocycles. The van der Waals surface area contributed by atoms with Crippen LogP contribution < -0.4 is 10.6 Å². The summed E-state index contributed by atoms with van der Waals surface area (Å²) in [5.41, 5.74) is -0.510. The maximum Gasteiger partial charge on any atom is 0.460 e. The Morgan fingerprint density at radius 2 is 1.74 bits per heavy atom. The summed E-state index contributed by atoms with van der Waals surface area (Å²) in [6, 6.07) is 7.42. The molecule has 3 heterocycles. The molecule has 1 saturated carbocycles. The molecular formula is C29H26ClF7N8O2. The average Bonchev–Trinajstić information content (AvgIpc) is 3.59. The lowest BCUT2D eigenvalue weighted by Crippen LogP contribution is -2.50. The van der Waals surface area contributed by atoms with Gasteiger partial charge in [-0.2, -0.15) is 50.8 Å². The number of hydrogen-bond donors (Lipinski definition) is 2. The molecule has 3 aromatic heterocycles. The average molecular weight is 687 g/mol. The maximum atomic E-state index is 14.2. The quantitative estimate of drug-likeness (QED) is 0.191. The van der Waals surface area contributed by atoms with Crippen LogP contribution in [0.15, 0.2) is 42.7 Å². The highest BCUT2D eigenvalue weighted by molar-refractivity contribution is 6.32. The molecule has 1 atom stereocenters. The fraction of sp³-hybridized carbons (Fsp3) is 0.379. The van der Waals surface area contributed by atoms with Crippen molar-refractivity contribution >= 4 is 29.1 Å². The van der Waals surface area contributed by atoms with Crippen LogP contribution in [0.2, 0.25) is 5.02 Å². The van der Waals surface area contributed by atoms with Gasteiger partial charge >= 0.3 is 18.0 Å². The number of anilines is 1. The van der Waals surface area contributed by atoms with Crippen molar-refractivity contribution in [2.24, 2.45) is 5.92 Å². The third-order valence-electron chi connectivity index (χ3n) is 7.50. The van der Waals surface area contributed by atoms with Crippen LogP contribution in [0.1, 0.15) is 63.1 Å². The summed E-state index contributed by atoms with van der Waals surface area (Å²) in [6.07, 6.45) is -3.13. The number of rotatable bonds is 10. The van der Waals surface area contributed by atoms with E-state index in [0.717, 1.165) is 23.1 Å². The van der Waals surface area contributed by atoms with Crippen molar-refractivity contribution in [1.29, 1.82) is 0 Å². The van der Waals surface area contributed by atoms with Crippen LogP contribution in [-0.2, 0) is 12.5 Å². The van der Waals surface area contributed by atoms with E-state index in [9.17, 15) is 40.3 Å². The molecule has 47 heavy (non-hydrogen) atoms. The second kappa shape index (κ2) is 12.2. The number of pyridine rings is 1. The predicted octanol–water partition coefficient (Wildman–Crippen LogP) is 6.25. The first-order valence-electron chi connectivity index (χ1n) is 14.1. The number of carbonyl (C=O) groups excluding carboxylic acids is 2. The summed E-state index contributed by atoms with van der Waals surface area (Å²) in [5.74, 6) is -13.0. The van der Waals surface area contributed by atoms with Crippen molar-refractivity contribution in [3.63, 3.8) is 0 Å². The zero-order valence-corrected chi connectivity index (χ0v) is 25.6. The first-order chi connectivity index (χ1) is 21.9. The number of hydrogen-bond acceptors (Lipinski definition) is 6. The van der Waals surface area contributed by atoms with Crippen molar-refractivity contribution < 1.29 is 40.3 Å². The normalized spacial score (nSPS) is 14.6. The van der Waals surface area contributed by atoms with E-state index in [1.807, 2.05) is 6.92 Å². The number of aromatic nitrogens is 6. The Kier molecular flexibility index (Phi) is 8.81. The molecule has 0 bridgehead atoms. The Balaban J connectivity index is 1.48. The Labute approximate surface area is 267 Å². The minimum Gasteiger partial charge on any atom is -0.349 e. The molecule has 1 aliphatic carbocycles. The number of halogens is 8. The summed E-state index contributed by atoms with van der Waals surface area (Å²) in [6.45, 7) is 4.75. The number of aryl methyl sites for hydroxylation is 2. The lowest BCUT2D eigenvalue weighted by atomic mass is 10.0. The van der Waals surface area contributed by atoms with E-state index in [-0.39, 0.29) is 45.7 Å². The molecule has 18 heteroatoms. The van der Waals surface area contributed by atoms with E-state index in [1.165, 1.54) is 24.4 Å². The SMILES string of the molecule is Cc1cc(C)c(NC(=O)c2cc(Cn3ncc(C(F)(F)C(F)(F)C(F)(F)F)n3)nn2-c2ncccc2Cl)c(C(=O)NC(C)C2CC2)c1. The van der Waals surface area contributed by atoms with Gasteiger partial charge in [-0.3, -0.25) is 9.59 Å². The summed E-state index contributed by atoms with van der Waals surface area (Å²) >= 11 is 6.30. The van der Waals surface area contributed by atoms with Crippen molar-refractivity contribution in [2.75, 3.05) is 5.32 Å². The van der Waals surface area contributed by atoms with Gasteiger partial charge in [-0.25, -0.2) is 9.67 Å². The van der Waals surface area contributed by atoms with Crippen molar-refractivity contribution in [2.45, 2.75) is 64.2 Å². The highest BCUT2D eigenvalue weighted by Gasteiger charge is 2.74. The standard InChI is InChI=1S/C29H26ClF7N8O2/c1-14-9-15(2)23(19(10-14)25(46)40-16(3)17-6-7-17)41-26(47)21-11-18(42-45(21)24-20(30)5-4-8-38-24)13-44-39-12-22(43-44)27(31,32)28(33,34)29(35,36)37/h4-5,8-12,16-17H,6-7,13H2,1-3H3,(H,40,46)(H,41,47). The predicted molar refractivity (Wildman–Crippen MR) is 154 cm³/mol. The zero-order chi connectivity index (χ0) is 34.5. The number of amides is 2. The van der Waals surface area contributed by atoms with E-state index < -0.39 is 42.1 Å². The molecule has 0 radical (unpaired) electrons. The largest absolute Gasteiger partial charge is 0.460 e. The summed E-state index contributed by atoms with van der Waals surface area (Å²) in [5, 5.41) is 16.5. The molecule has 250 valence electrons. The molecule has 0 spiro atoms. The van der Waals surface area contributed by atoms with Gasteiger partial charge in [0.15, 0.2) is 11.5 Å². The van der Waals surface area contributed by atoms with Gasteiger partial charge in [-0.15, -0.1) is 0 Å². The van der Waals surface area contributed by atoms with E-state index >= 15 is 0 Å². The van der Waals surface area contributed by atoms with Gasteiger partial charge in [0.05, 0.1) is 28.2 Å².